The smallest absolute Gasteiger partial charge is 0.362 e. The average molecular weight is 218 g/mol. The van der Waals surface area contributed by atoms with Crippen molar-refractivity contribution in [3.05, 3.63) is 10.8 Å². The van der Waals surface area contributed by atoms with Gasteiger partial charge in [-0.1, -0.05) is 11.6 Å². The molecule has 0 amide bonds. The molecule has 0 radical (unpaired) electrons. The van der Waals surface area contributed by atoms with E-state index in [1.807, 2.05) is 0 Å². The normalized spacial score (nSPS) is 9.64. The van der Waals surface area contributed by atoms with Gasteiger partial charge in [-0.25, -0.2) is 9.78 Å². The Morgan fingerprint density at radius 2 is 2.07 bits per heavy atom. The lowest BCUT2D eigenvalue weighted by Gasteiger charge is -2.06. The maximum atomic E-state index is 11.2. The van der Waals surface area contributed by atoms with Gasteiger partial charge in [-0.3, -0.25) is 0 Å². The molecular formula is C7H8ClN3O3. The van der Waals surface area contributed by atoms with Gasteiger partial charge in [0, 0.05) is 0 Å². The van der Waals surface area contributed by atoms with Gasteiger partial charge in [-0.2, -0.15) is 4.98 Å². The summed E-state index contributed by atoms with van der Waals surface area (Å²) in [7, 11) is 2.55. The molecular weight excluding hydrogens is 210 g/mol. The molecule has 1 aromatic heterocycles. The molecule has 6 nitrogen and oxygen atoms in total. The zero-order valence-corrected chi connectivity index (χ0v) is 8.33. The molecule has 0 spiro atoms. The minimum atomic E-state index is -0.684. The van der Waals surface area contributed by atoms with Crippen molar-refractivity contribution in [2.45, 2.75) is 0 Å². The Labute approximate surface area is 85.0 Å². The Morgan fingerprint density at radius 3 is 2.57 bits per heavy atom. The van der Waals surface area contributed by atoms with Crippen molar-refractivity contribution in [1.29, 1.82) is 0 Å². The molecule has 76 valence electrons. The molecule has 1 rings (SSSR count). The van der Waals surface area contributed by atoms with E-state index in [-0.39, 0.29) is 22.5 Å². The number of anilines is 1. The molecule has 0 saturated carbocycles. The Bertz CT molecular complexity index is 369. The highest BCUT2D eigenvalue weighted by Crippen LogP contribution is 2.21. The van der Waals surface area contributed by atoms with Gasteiger partial charge in [0.1, 0.15) is 0 Å². The molecule has 7 heteroatoms. The summed E-state index contributed by atoms with van der Waals surface area (Å²) < 4.78 is 9.24. The number of halogens is 1. The first-order chi connectivity index (χ1) is 6.60. The standard InChI is InChI=1S/C7H8ClN3O3/c1-13-6-3(7(12)14-2)10-4(8)5(9)11-6/h1-2H3,(H2,9,11). The molecule has 0 aliphatic rings. The van der Waals surface area contributed by atoms with E-state index in [0.29, 0.717) is 0 Å². The number of carbonyl (C=O) groups is 1. The summed E-state index contributed by atoms with van der Waals surface area (Å²) in [6.07, 6.45) is 0. The van der Waals surface area contributed by atoms with Gasteiger partial charge >= 0.3 is 5.97 Å². The van der Waals surface area contributed by atoms with Crippen LogP contribution in [0.25, 0.3) is 0 Å². The summed E-state index contributed by atoms with van der Waals surface area (Å²) in [6.45, 7) is 0. The first kappa shape index (κ1) is 10.5. The van der Waals surface area contributed by atoms with E-state index in [2.05, 4.69) is 14.7 Å². The summed E-state index contributed by atoms with van der Waals surface area (Å²) in [5.41, 5.74) is 5.27. The van der Waals surface area contributed by atoms with Crippen LogP contribution in [0.4, 0.5) is 5.82 Å². The molecule has 1 heterocycles. The van der Waals surface area contributed by atoms with Crippen LogP contribution in [-0.4, -0.2) is 30.2 Å². The van der Waals surface area contributed by atoms with Crippen molar-refractivity contribution in [3.63, 3.8) is 0 Å². The molecule has 0 atom stereocenters. The highest BCUT2D eigenvalue weighted by atomic mass is 35.5. The third-order valence-electron chi connectivity index (χ3n) is 1.42. The van der Waals surface area contributed by atoms with E-state index >= 15 is 0 Å². The minimum Gasteiger partial charge on any atom is -0.479 e. The lowest BCUT2D eigenvalue weighted by Crippen LogP contribution is -2.10. The maximum Gasteiger partial charge on any atom is 0.362 e. The summed E-state index contributed by atoms with van der Waals surface area (Å²) in [6, 6.07) is 0. The number of ether oxygens (including phenoxy) is 2. The summed E-state index contributed by atoms with van der Waals surface area (Å²) >= 11 is 5.58. The zero-order valence-electron chi connectivity index (χ0n) is 7.57. The van der Waals surface area contributed by atoms with Crippen LogP contribution in [-0.2, 0) is 4.74 Å². The number of rotatable bonds is 2. The van der Waals surface area contributed by atoms with E-state index < -0.39 is 5.97 Å². The highest BCUT2D eigenvalue weighted by molar-refractivity contribution is 6.31. The van der Waals surface area contributed by atoms with Gasteiger partial charge in [-0.15, -0.1) is 0 Å². The molecule has 14 heavy (non-hydrogen) atoms. The molecule has 0 unspecified atom stereocenters. The molecule has 0 bridgehead atoms. The third-order valence-corrected chi connectivity index (χ3v) is 1.70. The van der Waals surface area contributed by atoms with Gasteiger partial charge in [-0.05, 0) is 0 Å². The van der Waals surface area contributed by atoms with E-state index in [1.54, 1.807) is 0 Å². The molecule has 0 saturated heterocycles. The fraction of sp³-hybridized carbons (Fsp3) is 0.286. The number of nitrogens with zero attached hydrogens (tertiary/aromatic N) is 2. The second kappa shape index (κ2) is 4.10. The Kier molecular flexibility index (Phi) is 3.08. The van der Waals surface area contributed by atoms with E-state index in [4.69, 9.17) is 22.1 Å². The van der Waals surface area contributed by atoms with Crippen LogP contribution in [0.3, 0.4) is 0 Å². The fourth-order valence-corrected chi connectivity index (χ4v) is 0.910. The number of hydrogen-bond donors (Lipinski definition) is 1. The number of nitrogens with two attached hydrogens (primary N) is 1. The lowest BCUT2D eigenvalue weighted by molar-refractivity contribution is 0.0589. The quantitative estimate of drug-likeness (QED) is 0.727. The van der Waals surface area contributed by atoms with Crippen molar-refractivity contribution < 1.29 is 14.3 Å². The molecule has 0 aromatic carbocycles. The Balaban J connectivity index is 3.27. The minimum absolute atomic E-state index is 0.00355. The van der Waals surface area contributed by atoms with Crippen LogP contribution >= 0.6 is 11.6 Å². The SMILES string of the molecule is COC(=O)c1nc(Cl)c(N)nc1OC. The molecule has 2 N–H and O–H groups in total. The Morgan fingerprint density at radius 1 is 1.43 bits per heavy atom. The van der Waals surface area contributed by atoms with Gasteiger partial charge in [0.15, 0.2) is 11.0 Å². The number of aromatic nitrogens is 2. The third kappa shape index (κ3) is 1.85. The van der Waals surface area contributed by atoms with E-state index in [9.17, 15) is 4.79 Å². The van der Waals surface area contributed by atoms with Crippen molar-refractivity contribution in [1.82, 2.24) is 9.97 Å². The Hall–Kier alpha value is -1.56. The fourth-order valence-electron chi connectivity index (χ4n) is 0.784. The van der Waals surface area contributed by atoms with E-state index in [1.165, 1.54) is 14.2 Å². The second-order valence-corrected chi connectivity index (χ2v) is 2.61. The van der Waals surface area contributed by atoms with Crippen molar-refractivity contribution >= 4 is 23.4 Å². The van der Waals surface area contributed by atoms with Gasteiger partial charge < -0.3 is 15.2 Å². The van der Waals surface area contributed by atoms with Crippen LogP contribution < -0.4 is 10.5 Å². The number of methoxy groups -OCH3 is 2. The van der Waals surface area contributed by atoms with Gasteiger partial charge in [0.2, 0.25) is 11.6 Å². The van der Waals surface area contributed by atoms with E-state index in [0.717, 1.165) is 0 Å². The van der Waals surface area contributed by atoms with Crippen molar-refractivity contribution in [2.75, 3.05) is 20.0 Å². The molecule has 0 aliphatic carbocycles. The molecule has 0 fully saturated rings. The second-order valence-electron chi connectivity index (χ2n) is 2.25. The average Bonchev–Trinajstić information content (AvgIpc) is 2.20. The predicted molar refractivity (Wildman–Crippen MR) is 49.3 cm³/mol. The maximum absolute atomic E-state index is 11.2. The van der Waals surface area contributed by atoms with Crippen LogP contribution in [0.2, 0.25) is 5.15 Å². The van der Waals surface area contributed by atoms with Crippen LogP contribution in [0.15, 0.2) is 0 Å². The lowest BCUT2D eigenvalue weighted by atomic mass is 10.4. The van der Waals surface area contributed by atoms with Gasteiger partial charge in [0.25, 0.3) is 0 Å². The predicted octanol–water partition coefficient (Wildman–Crippen LogP) is 0.507. The molecule has 0 aliphatic heterocycles. The topological polar surface area (TPSA) is 87.3 Å². The van der Waals surface area contributed by atoms with Crippen LogP contribution in [0, 0.1) is 0 Å². The number of esters is 1. The zero-order chi connectivity index (χ0) is 10.7. The first-order valence-electron chi connectivity index (χ1n) is 3.55. The van der Waals surface area contributed by atoms with Crippen LogP contribution in [0.5, 0.6) is 5.88 Å². The number of nitrogen functional groups attached to an aromatic ring is 1. The molecule has 1 aromatic rings. The highest BCUT2D eigenvalue weighted by Gasteiger charge is 2.18. The number of hydrogen-bond acceptors (Lipinski definition) is 6. The monoisotopic (exact) mass is 217 g/mol. The first-order valence-corrected chi connectivity index (χ1v) is 3.93. The summed E-state index contributed by atoms with van der Waals surface area (Å²) in [4.78, 5) is 18.6. The van der Waals surface area contributed by atoms with Crippen LogP contribution in [0.1, 0.15) is 10.5 Å². The largest absolute Gasteiger partial charge is 0.479 e. The van der Waals surface area contributed by atoms with Crippen molar-refractivity contribution in [2.24, 2.45) is 0 Å². The van der Waals surface area contributed by atoms with Crippen molar-refractivity contribution in [3.8, 4) is 5.88 Å². The summed E-state index contributed by atoms with van der Waals surface area (Å²) in [5, 5.41) is -0.0637. The van der Waals surface area contributed by atoms with Gasteiger partial charge in [0.05, 0.1) is 14.2 Å². The number of carbonyl (C=O) groups excluding carboxylic acids is 1. The summed E-state index contributed by atoms with van der Waals surface area (Å²) in [5.74, 6) is -0.703.